The molecule has 1 heterocycles. The van der Waals surface area contributed by atoms with Crippen LogP contribution >= 0.6 is 0 Å². The molecule has 0 spiro atoms. The Morgan fingerprint density at radius 1 is 1.33 bits per heavy atom. The van der Waals surface area contributed by atoms with E-state index in [4.69, 9.17) is 9.47 Å². The minimum absolute atomic E-state index is 0.639. The smallest absolute Gasteiger partial charge is 0.168 e. The van der Waals surface area contributed by atoms with E-state index in [1.165, 1.54) is 0 Å². The lowest BCUT2D eigenvalue weighted by molar-refractivity contribution is 0.126. The van der Waals surface area contributed by atoms with Gasteiger partial charge in [-0.15, -0.1) is 0 Å². The van der Waals surface area contributed by atoms with Crippen LogP contribution in [-0.2, 0) is 4.74 Å². The minimum Gasteiger partial charge on any atom is -0.490 e. The molecule has 0 aliphatic carbocycles. The molecular formula is C13H23N3O2. The summed E-state index contributed by atoms with van der Waals surface area (Å²) in [6, 6.07) is 3.77. The van der Waals surface area contributed by atoms with Crippen molar-refractivity contribution in [1.82, 2.24) is 9.88 Å². The number of rotatable bonds is 9. The first-order valence-electron chi connectivity index (χ1n) is 6.28. The molecule has 5 heteroatoms. The Morgan fingerprint density at radius 2 is 2.17 bits per heavy atom. The van der Waals surface area contributed by atoms with E-state index in [0.717, 1.165) is 31.3 Å². The molecule has 0 atom stereocenters. The first-order chi connectivity index (χ1) is 8.74. The zero-order valence-corrected chi connectivity index (χ0v) is 11.5. The molecular weight excluding hydrogens is 230 g/mol. The fourth-order valence-corrected chi connectivity index (χ4v) is 1.39. The Kier molecular flexibility index (Phi) is 7.13. The van der Waals surface area contributed by atoms with Crippen molar-refractivity contribution in [3.8, 4) is 5.75 Å². The van der Waals surface area contributed by atoms with E-state index in [0.29, 0.717) is 13.2 Å². The van der Waals surface area contributed by atoms with Gasteiger partial charge in [-0.1, -0.05) is 0 Å². The molecule has 0 aliphatic heterocycles. The summed E-state index contributed by atoms with van der Waals surface area (Å²) >= 11 is 0. The molecule has 102 valence electrons. The maximum Gasteiger partial charge on any atom is 0.168 e. The van der Waals surface area contributed by atoms with Crippen molar-refractivity contribution in [1.29, 1.82) is 0 Å². The molecule has 0 radical (unpaired) electrons. The third-order valence-electron chi connectivity index (χ3n) is 2.29. The van der Waals surface area contributed by atoms with E-state index in [1.807, 2.05) is 33.2 Å². The topological polar surface area (TPSA) is 46.6 Å². The van der Waals surface area contributed by atoms with Crippen LogP contribution in [0.2, 0.25) is 0 Å². The van der Waals surface area contributed by atoms with Gasteiger partial charge in [0, 0.05) is 19.3 Å². The molecule has 0 fully saturated rings. The monoisotopic (exact) mass is 253 g/mol. The normalized spacial score (nSPS) is 10.7. The van der Waals surface area contributed by atoms with E-state index >= 15 is 0 Å². The van der Waals surface area contributed by atoms with Crippen LogP contribution in [0.5, 0.6) is 5.75 Å². The summed E-state index contributed by atoms with van der Waals surface area (Å²) in [6.45, 7) is 5.67. The summed E-state index contributed by atoms with van der Waals surface area (Å²) in [5.41, 5.74) is 0. The van der Waals surface area contributed by atoms with Gasteiger partial charge in [-0.05, 0) is 33.2 Å². The lowest BCUT2D eigenvalue weighted by Gasteiger charge is -2.12. The van der Waals surface area contributed by atoms with Crippen molar-refractivity contribution >= 4 is 5.82 Å². The number of likely N-dealkylation sites (N-methyl/N-ethyl adjacent to an activating group) is 1. The molecule has 0 saturated heterocycles. The predicted molar refractivity (Wildman–Crippen MR) is 73.3 cm³/mol. The molecule has 1 N–H and O–H groups in total. The highest BCUT2D eigenvalue weighted by Crippen LogP contribution is 2.20. The number of aromatic nitrogens is 1. The molecule has 5 nitrogen and oxygen atoms in total. The summed E-state index contributed by atoms with van der Waals surface area (Å²) in [4.78, 5) is 6.34. The summed E-state index contributed by atoms with van der Waals surface area (Å²) < 4.78 is 11.0. The quantitative estimate of drug-likeness (QED) is 0.675. The van der Waals surface area contributed by atoms with Crippen LogP contribution in [0.1, 0.15) is 6.92 Å². The van der Waals surface area contributed by atoms with Crippen LogP contribution in [0.15, 0.2) is 18.3 Å². The lowest BCUT2D eigenvalue weighted by Crippen LogP contribution is -2.20. The second-order valence-corrected chi connectivity index (χ2v) is 4.13. The number of nitrogens with zero attached hydrogens (tertiary/aromatic N) is 2. The molecule has 0 saturated carbocycles. The van der Waals surface area contributed by atoms with Crippen molar-refractivity contribution < 1.29 is 9.47 Å². The Labute approximate surface area is 109 Å². The van der Waals surface area contributed by atoms with Gasteiger partial charge in [-0.25, -0.2) is 4.98 Å². The predicted octanol–water partition coefficient (Wildman–Crippen LogP) is 1.47. The van der Waals surface area contributed by atoms with Crippen molar-refractivity contribution in [3.05, 3.63) is 18.3 Å². The maximum absolute atomic E-state index is 5.49. The van der Waals surface area contributed by atoms with Crippen LogP contribution in [0, 0.1) is 0 Å². The largest absolute Gasteiger partial charge is 0.490 e. The number of hydrogen-bond donors (Lipinski definition) is 1. The molecule has 0 unspecified atom stereocenters. The molecule has 1 aromatic heterocycles. The van der Waals surface area contributed by atoms with Gasteiger partial charge in [-0.3, -0.25) is 0 Å². The SMILES string of the molecule is CCOc1cccnc1NCCOCCN(C)C. The standard InChI is InChI=1S/C13H23N3O2/c1-4-18-12-6-5-7-14-13(12)15-8-10-17-11-9-16(2)3/h5-7H,4,8-11H2,1-3H3,(H,14,15). The number of hydrogen-bond acceptors (Lipinski definition) is 5. The molecule has 1 rings (SSSR count). The molecule has 18 heavy (non-hydrogen) atoms. The van der Waals surface area contributed by atoms with E-state index in [9.17, 15) is 0 Å². The van der Waals surface area contributed by atoms with Crippen LogP contribution in [0.25, 0.3) is 0 Å². The Balaban J connectivity index is 2.22. The van der Waals surface area contributed by atoms with Gasteiger partial charge in [0.25, 0.3) is 0 Å². The van der Waals surface area contributed by atoms with Crippen molar-refractivity contribution in [3.63, 3.8) is 0 Å². The van der Waals surface area contributed by atoms with E-state index < -0.39 is 0 Å². The molecule has 0 aliphatic rings. The fourth-order valence-electron chi connectivity index (χ4n) is 1.39. The summed E-state index contributed by atoms with van der Waals surface area (Å²) in [6.07, 6.45) is 1.75. The number of nitrogens with one attached hydrogen (secondary N) is 1. The molecule has 0 amide bonds. The van der Waals surface area contributed by atoms with Crippen molar-refractivity contribution in [2.75, 3.05) is 52.3 Å². The summed E-state index contributed by atoms with van der Waals surface area (Å²) in [5.74, 6) is 1.56. The number of pyridine rings is 1. The lowest BCUT2D eigenvalue weighted by atomic mass is 10.4. The van der Waals surface area contributed by atoms with Crippen LogP contribution in [0.3, 0.4) is 0 Å². The second kappa shape index (κ2) is 8.72. The number of ether oxygens (including phenoxy) is 2. The van der Waals surface area contributed by atoms with E-state index in [-0.39, 0.29) is 0 Å². The molecule has 1 aromatic rings. The number of anilines is 1. The Bertz CT molecular complexity index is 332. The highest BCUT2D eigenvalue weighted by atomic mass is 16.5. The van der Waals surface area contributed by atoms with Gasteiger partial charge in [0.15, 0.2) is 11.6 Å². The Morgan fingerprint density at radius 3 is 2.89 bits per heavy atom. The second-order valence-electron chi connectivity index (χ2n) is 4.13. The average molecular weight is 253 g/mol. The van der Waals surface area contributed by atoms with Gasteiger partial charge in [0.2, 0.25) is 0 Å². The summed E-state index contributed by atoms with van der Waals surface area (Å²) in [7, 11) is 4.06. The zero-order valence-electron chi connectivity index (χ0n) is 11.5. The van der Waals surface area contributed by atoms with Gasteiger partial charge in [-0.2, -0.15) is 0 Å². The minimum atomic E-state index is 0.639. The van der Waals surface area contributed by atoms with E-state index in [1.54, 1.807) is 6.20 Å². The highest BCUT2D eigenvalue weighted by Gasteiger charge is 2.02. The van der Waals surface area contributed by atoms with Gasteiger partial charge in [0.05, 0.1) is 19.8 Å². The van der Waals surface area contributed by atoms with Gasteiger partial charge < -0.3 is 19.7 Å². The van der Waals surface area contributed by atoms with Gasteiger partial charge >= 0.3 is 0 Å². The average Bonchev–Trinajstić information content (AvgIpc) is 2.35. The van der Waals surface area contributed by atoms with Crippen molar-refractivity contribution in [2.24, 2.45) is 0 Å². The third kappa shape index (κ3) is 5.84. The first-order valence-corrected chi connectivity index (χ1v) is 6.28. The Hall–Kier alpha value is -1.33. The third-order valence-corrected chi connectivity index (χ3v) is 2.29. The van der Waals surface area contributed by atoms with Gasteiger partial charge in [0.1, 0.15) is 0 Å². The van der Waals surface area contributed by atoms with Crippen LogP contribution in [-0.4, -0.2) is 56.9 Å². The van der Waals surface area contributed by atoms with Crippen LogP contribution in [0.4, 0.5) is 5.82 Å². The highest BCUT2D eigenvalue weighted by molar-refractivity contribution is 5.49. The molecule has 0 bridgehead atoms. The summed E-state index contributed by atoms with van der Waals surface area (Å²) in [5, 5.41) is 3.21. The maximum atomic E-state index is 5.49. The first kappa shape index (κ1) is 14.7. The molecule has 0 aromatic carbocycles. The van der Waals surface area contributed by atoms with Crippen molar-refractivity contribution in [2.45, 2.75) is 6.92 Å². The fraction of sp³-hybridized carbons (Fsp3) is 0.615. The van der Waals surface area contributed by atoms with Crippen LogP contribution < -0.4 is 10.1 Å². The zero-order chi connectivity index (χ0) is 13.2. The van der Waals surface area contributed by atoms with E-state index in [2.05, 4.69) is 15.2 Å².